The number of rotatable bonds is 4. The van der Waals surface area contributed by atoms with Gasteiger partial charge in [0, 0.05) is 52.4 Å². The maximum Gasteiger partial charge on any atom is 0.257 e. The van der Waals surface area contributed by atoms with Crippen LogP contribution in [0.5, 0.6) is 5.75 Å². The van der Waals surface area contributed by atoms with Gasteiger partial charge in [0.15, 0.2) is 29.0 Å². The molecule has 0 bridgehead atoms. The molecule has 0 saturated carbocycles. The Hall–Kier alpha value is -3.08. The Morgan fingerprint density at radius 3 is 1.91 bits per heavy atom. The Labute approximate surface area is 184 Å². The molecule has 0 atom stereocenters. The van der Waals surface area contributed by atoms with Crippen molar-refractivity contribution in [1.82, 2.24) is 20.0 Å². The van der Waals surface area contributed by atoms with Crippen LogP contribution in [0.25, 0.3) is 0 Å². The van der Waals surface area contributed by atoms with E-state index in [1.165, 1.54) is 4.90 Å². The van der Waals surface area contributed by atoms with E-state index in [1.807, 2.05) is 17.0 Å². The van der Waals surface area contributed by atoms with Gasteiger partial charge in [-0.15, -0.1) is 10.2 Å². The van der Waals surface area contributed by atoms with Gasteiger partial charge < -0.3 is 24.3 Å². The molecule has 1 aromatic heterocycles. The van der Waals surface area contributed by atoms with Crippen molar-refractivity contribution in [1.29, 1.82) is 0 Å². The number of amides is 1. The number of carbonyl (C=O) groups is 1. The van der Waals surface area contributed by atoms with E-state index in [9.17, 15) is 18.0 Å². The highest BCUT2D eigenvalue weighted by Gasteiger charge is 2.29. The van der Waals surface area contributed by atoms with Crippen molar-refractivity contribution < 1.29 is 22.7 Å². The minimum absolute atomic E-state index is 0.279. The van der Waals surface area contributed by atoms with E-state index in [4.69, 9.17) is 0 Å². The fourth-order valence-electron chi connectivity index (χ4n) is 3.92. The Balaban J connectivity index is 1.39. The largest absolute Gasteiger partial charge is 0.491 e. The molecule has 0 spiro atoms. The molecule has 2 fully saturated rings. The number of carbonyl (C=O) groups excluding carboxylic acids is 1. The number of nitrogens with zero attached hydrogens (tertiary/aromatic N) is 6. The molecule has 2 aromatic rings. The van der Waals surface area contributed by atoms with E-state index >= 15 is 0 Å². The number of anilines is 2. The summed E-state index contributed by atoms with van der Waals surface area (Å²) in [7, 11) is 3.11. The highest BCUT2D eigenvalue weighted by atomic mass is 19.2. The van der Waals surface area contributed by atoms with Crippen molar-refractivity contribution in [2.45, 2.75) is 0 Å². The summed E-state index contributed by atoms with van der Waals surface area (Å²) in [6.07, 6.45) is 0. The number of piperazine rings is 2. The van der Waals surface area contributed by atoms with Crippen molar-refractivity contribution in [3.8, 4) is 5.75 Å². The van der Waals surface area contributed by atoms with Gasteiger partial charge in [0.25, 0.3) is 5.91 Å². The van der Waals surface area contributed by atoms with E-state index in [0.29, 0.717) is 25.0 Å². The molecule has 3 heterocycles. The van der Waals surface area contributed by atoms with Crippen LogP contribution in [-0.4, -0.2) is 92.4 Å². The summed E-state index contributed by atoms with van der Waals surface area (Å²) >= 11 is 0. The third-order valence-corrected chi connectivity index (χ3v) is 5.90. The molecule has 2 saturated heterocycles. The van der Waals surface area contributed by atoms with Crippen molar-refractivity contribution in [3.05, 3.63) is 41.2 Å². The second-order valence-electron chi connectivity index (χ2n) is 7.89. The second kappa shape index (κ2) is 9.19. The molecule has 172 valence electrons. The molecule has 2 aliphatic rings. The smallest absolute Gasteiger partial charge is 0.257 e. The number of hydrogen-bond acceptors (Lipinski definition) is 7. The normalized spacial score (nSPS) is 17.6. The summed E-state index contributed by atoms with van der Waals surface area (Å²) in [4.78, 5) is 20.6. The van der Waals surface area contributed by atoms with Gasteiger partial charge in [-0.05, 0) is 25.2 Å². The number of hydrogen-bond donors (Lipinski definition) is 0. The van der Waals surface area contributed by atoms with Crippen LogP contribution >= 0.6 is 0 Å². The number of halogens is 3. The van der Waals surface area contributed by atoms with Crippen LogP contribution in [0.1, 0.15) is 10.4 Å². The summed E-state index contributed by atoms with van der Waals surface area (Å²) in [5.74, 6) is -4.08. The molecule has 4 rings (SSSR count). The van der Waals surface area contributed by atoms with Crippen LogP contribution < -0.4 is 14.5 Å². The summed E-state index contributed by atoms with van der Waals surface area (Å²) in [5, 5.41) is 8.68. The number of ether oxygens (including phenoxy) is 1. The highest BCUT2D eigenvalue weighted by Crippen LogP contribution is 2.28. The van der Waals surface area contributed by atoms with Crippen LogP contribution in [0.2, 0.25) is 0 Å². The van der Waals surface area contributed by atoms with Crippen LogP contribution in [0.4, 0.5) is 24.8 Å². The standard InChI is InChI=1S/C21H25F3N6O2/c1-27-5-7-28(8-6-27)16-3-4-17(26-25-16)29-9-11-30(12-10-29)21(31)14-13-15(22)19(24)20(32-2)18(14)23/h3-4,13H,5-12H2,1-2H3. The SMILES string of the molecule is COc1c(F)c(F)cc(C(=O)N2CCN(c3ccc(N4CCN(C)CC4)nn3)CC2)c1F. The van der Waals surface area contributed by atoms with Crippen LogP contribution in [0.3, 0.4) is 0 Å². The van der Waals surface area contributed by atoms with Crippen molar-refractivity contribution >= 4 is 17.5 Å². The first-order valence-electron chi connectivity index (χ1n) is 10.4. The molecule has 0 aliphatic carbocycles. The maximum atomic E-state index is 14.5. The monoisotopic (exact) mass is 450 g/mol. The van der Waals surface area contributed by atoms with E-state index in [1.54, 1.807) is 0 Å². The lowest BCUT2D eigenvalue weighted by atomic mass is 10.1. The lowest BCUT2D eigenvalue weighted by Gasteiger charge is -2.36. The van der Waals surface area contributed by atoms with Gasteiger partial charge in [-0.1, -0.05) is 0 Å². The first kappa shape index (κ1) is 22.1. The molecule has 2 aliphatic heterocycles. The summed E-state index contributed by atoms with van der Waals surface area (Å²) in [6.45, 7) is 5.22. The van der Waals surface area contributed by atoms with Crippen LogP contribution in [-0.2, 0) is 0 Å². The zero-order valence-electron chi connectivity index (χ0n) is 18.0. The summed E-state index contributed by atoms with van der Waals surface area (Å²) in [6, 6.07) is 4.41. The van der Waals surface area contributed by atoms with Gasteiger partial charge in [0.05, 0.1) is 12.7 Å². The Morgan fingerprint density at radius 1 is 0.875 bits per heavy atom. The Bertz CT molecular complexity index is 974. The van der Waals surface area contributed by atoms with E-state index in [-0.39, 0.29) is 13.1 Å². The molecule has 0 unspecified atom stereocenters. The fourth-order valence-corrected chi connectivity index (χ4v) is 3.92. The lowest BCUT2D eigenvalue weighted by molar-refractivity contribution is 0.0740. The number of methoxy groups -OCH3 is 1. The van der Waals surface area contributed by atoms with Crippen LogP contribution in [0.15, 0.2) is 18.2 Å². The quantitative estimate of drug-likeness (QED) is 0.656. The van der Waals surface area contributed by atoms with Gasteiger partial charge in [0.1, 0.15) is 0 Å². The van der Waals surface area contributed by atoms with Gasteiger partial charge in [-0.2, -0.15) is 4.39 Å². The predicted octanol–water partition coefficient (Wildman–Crippen LogP) is 1.62. The molecule has 0 N–H and O–H groups in total. The molecule has 1 aromatic carbocycles. The number of aromatic nitrogens is 2. The summed E-state index contributed by atoms with van der Waals surface area (Å²) in [5.41, 5.74) is -0.550. The molecule has 32 heavy (non-hydrogen) atoms. The maximum absolute atomic E-state index is 14.5. The first-order chi connectivity index (χ1) is 15.4. The molecular weight excluding hydrogens is 425 g/mol. The second-order valence-corrected chi connectivity index (χ2v) is 7.89. The van der Waals surface area contributed by atoms with Crippen molar-refractivity contribution in [2.75, 3.05) is 76.3 Å². The molecular formula is C21H25F3N6O2. The minimum atomic E-state index is -1.45. The third kappa shape index (κ3) is 4.29. The van der Waals surface area contributed by atoms with Crippen LogP contribution in [0, 0.1) is 17.5 Å². The number of likely N-dealkylation sites (N-methyl/N-ethyl adjacent to an activating group) is 1. The third-order valence-electron chi connectivity index (χ3n) is 5.90. The molecule has 8 nitrogen and oxygen atoms in total. The number of benzene rings is 1. The molecule has 1 amide bonds. The lowest BCUT2D eigenvalue weighted by Crippen LogP contribution is -2.49. The Kier molecular flexibility index (Phi) is 6.35. The first-order valence-corrected chi connectivity index (χ1v) is 10.4. The van der Waals surface area contributed by atoms with Crippen molar-refractivity contribution in [3.63, 3.8) is 0 Å². The zero-order chi connectivity index (χ0) is 22.8. The molecule has 0 radical (unpaired) electrons. The zero-order valence-corrected chi connectivity index (χ0v) is 18.0. The fraction of sp³-hybridized carbons (Fsp3) is 0.476. The average molecular weight is 450 g/mol. The highest BCUT2D eigenvalue weighted by molar-refractivity contribution is 5.95. The minimum Gasteiger partial charge on any atom is -0.491 e. The topological polar surface area (TPSA) is 65.0 Å². The van der Waals surface area contributed by atoms with Gasteiger partial charge in [-0.3, -0.25) is 4.79 Å². The average Bonchev–Trinajstić information content (AvgIpc) is 2.82. The van der Waals surface area contributed by atoms with Gasteiger partial charge in [0.2, 0.25) is 5.82 Å². The van der Waals surface area contributed by atoms with Crippen molar-refractivity contribution in [2.24, 2.45) is 0 Å². The van der Waals surface area contributed by atoms with E-state index in [2.05, 4.69) is 31.8 Å². The summed E-state index contributed by atoms with van der Waals surface area (Å²) < 4.78 is 46.5. The van der Waals surface area contributed by atoms with E-state index in [0.717, 1.165) is 39.1 Å². The Morgan fingerprint density at radius 2 is 1.41 bits per heavy atom. The molecule has 11 heteroatoms. The predicted molar refractivity (Wildman–Crippen MR) is 113 cm³/mol. The van der Waals surface area contributed by atoms with Gasteiger partial charge >= 0.3 is 0 Å². The van der Waals surface area contributed by atoms with E-state index < -0.39 is 34.7 Å². The van der Waals surface area contributed by atoms with Gasteiger partial charge in [-0.25, -0.2) is 8.78 Å².